The van der Waals surface area contributed by atoms with Crippen molar-refractivity contribution in [3.05, 3.63) is 16.1 Å². The van der Waals surface area contributed by atoms with E-state index in [1.807, 2.05) is 6.92 Å². The maximum absolute atomic E-state index is 12.1. The van der Waals surface area contributed by atoms with Gasteiger partial charge in [0, 0.05) is 0 Å². The van der Waals surface area contributed by atoms with Crippen LogP contribution in [0.4, 0.5) is 0 Å². The Labute approximate surface area is 112 Å². The average Bonchev–Trinajstić information content (AvgIpc) is 2.74. The van der Waals surface area contributed by atoms with E-state index < -0.39 is 0 Å². The number of carbonyl (C=O) groups excluding carboxylic acids is 1. The summed E-state index contributed by atoms with van der Waals surface area (Å²) < 4.78 is 0. The molecule has 2 N–H and O–H groups in total. The number of carbonyl (C=O) groups is 1. The first-order chi connectivity index (χ1) is 8.37. The summed E-state index contributed by atoms with van der Waals surface area (Å²) in [5.74, 6) is -0.127. The predicted octanol–water partition coefficient (Wildman–Crippen LogP) is 2.23. The number of hydrogen-bond acceptors (Lipinski definition) is 4. The standard InChI is InChI=1S/C13H22N2O2S/c1-5-10-11(18-8-14-10)12(17)15-9(7-16)6-13(2,3)4/h8-9,16H,5-7H2,1-4H3,(H,15,17). The summed E-state index contributed by atoms with van der Waals surface area (Å²) in [4.78, 5) is 16.9. The van der Waals surface area contributed by atoms with E-state index in [4.69, 9.17) is 0 Å². The largest absolute Gasteiger partial charge is 0.394 e. The number of aliphatic hydroxyl groups excluding tert-OH is 1. The second-order valence-corrected chi connectivity index (χ2v) is 6.45. The van der Waals surface area contributed by atoms with Gasteiger partial charge in [-0.15, -0.1) is 11.3 Å². The molecule has 4 nitrogen and oxygen atoms in total. The highest BCUT2D eigenvalue weighted by Gasteiger charge is 2.22. The van der Waals surface area contributed by atoms with Crippen molar-refractivity contribution in [2.45, 2.75) is 46.6 Å². The van der Waals surface area contributed by atoms with Crippen molar-refractivity contribution in [2.24, 2.45) is 5.41 Å². The fraction of sp³-hybridized carbons (Fsp3) is 0.692. The van der Waals surface area contributed by atoms with Crippen LogP contribution in [0.3, 0.4) is 0 Å². The van der Waals surface area contributed by atoms with Crippen LogP contribution in [0.2, 0.25) is 0 Å². The van der Waals surface area contributed by atoms with Crippen LogP contribution in [0, 0.1) is 5.41 Å². The number of aromatic nitrogens is 1. The van der Waals surface area contributed by atoms with E-state index in [-0.39, 0.29) is 24.0 Å². The van der Waals surface area contributed by atoms with Gasteiger partial charge in [-0.1, -0.05) is 27.7 Å². The molecule has 1 heterocycles. The minimum Gasteiger partial charge on any atom is -0.394 e. The van der Waals surface area contributed by atoms with Gasteiger partial charge in [0.2, 0.25) is 0 Å². The molecule has 5 heteroatoms. The van der Waals surface area contributed by atoms with Gasteiger partial charge in [0.1, 0.15) is 4.88 Å². The Morgan fingerprint density at radius 2 is 2.22 bits per heavy atom. The van der Waals surface area contributed by atoms with E-state index in [0.29, 0.717) is 4.88 Å². The van der Waals surface area contributed by atoms with Crippen LogP contribution in [-0.4, -0.2) is 28.6 Å². The lowest BCUT2D eigenvalue weighted by Gasteiger charge is -2.25. The zero-order valence-electron chi connectivity index (χ0n) is 11.5. The Bertz CT molecular complexity index is 396. The molecule has 0 saturated heterocycles. The van der Waals surface area contributed by atoms with Gasteiger partial charge >= 0.3 is 0 Å². The molecule has 1 atom stereocenters. The first kappa shape index (κ1) is 15.1. The molecule has 0 radical (unpaired) electrons. The van der Waals surface area contributed by atoms with Crippen LogP contribution in [0.1, 0.15) is 49.5 Å². The summed E-state index contributed by atoms with van der Waals surface area (Å²) in [6.45, 7) is 8.21. The maximum atomic E-state index is 12.1. The lowest BCUT2D eigenvalue weighted by Crippen LogP contribution is -2.40. The van der Waals surface area contributed by atoms with Gasteiger partial charge in [0.05, 0.1) is 23.9 Å². The summed E-state index contributed by atoms with van der Waals surface area (Å²) in [5, 5.41) is 12.2. The number of aryl methyl sites for hydroxylation is 1. The predicted molar refractivity (Wildman–Crippen MR) is 73.9 cm³/mol. The molecule has 1 aromatic rings. The number of nitrogens with one attached hydrogen (secondary N) is 1. The number of nitrogens with zero attached hydrogens (tertiary/aromatic N) is 1. The van der Waals surface area contributed by atoms with Crippen molar-refractivity contribution in [2.75, 3.05) is 6.61 Å². The smallest absolute Gasteiger partial charge is 0.263 e. The van der Waals surface area contributed by atoms with Gasteiger partial charge in [-0.3, -0.25) is 4.79 Å². The molecule has 0 fully saturated rings. The van der Waals surface area contributed by atoms with Gasteiger partial charge < -0.3 is 10.4 Å². The molecule has 0 bridgehead atoms. The molecule has 102 valence electrons. The highest BCUT2D eigenvalue weighted by molar-refractivity contribution is 7.11. The Balaban J connectivity index is 2.68. The highest BCUT2D eigenvalue weighted by Crippen LogP contribution is 2.21. The van der Waals surface area contributed by atoms with Gasteiger partial charge in [-0.2, -0.15) is 0 Å². The number of amides is 1. The SMILES string of the molecule is CCc1ncsc1C(=O)NC(CO)CC(C)(C)C. The lowest BCUT2D eigenvalue weighted by molar-refractivity contribution is 0.0900. The Hall–Kier alpha value is -0.940. The zero-order valence-corrected chi connectivity index (χ0v) is 12.3. The van der Waals surface area contributed by atoms with Crippen LogP contribution in [0.15, 0.2) is 5.51 Å². The molecule has 1 rings (SSSR count). The normalized spacial score (nSPS) is 13.4. The molecule has 0 aromatic carbocycles. The fourth-order valence-corrected chi connectivity index (χ4v) is 2.64. The summed E-state index contributed by atoms with van der Waals surface area (Å²) >= 11 is 1.35. The molecular weight excluding hydrogens is 248 g/mol. The molecule has 1 aromatic heterocycles. The quantitative estimate of drug-likeness (QED) is 0.862. The molecule has 0 spiro atoms. The second kappa shape index (κ2) is 6.29. The van der Waals surface area contributed by atoms with Crippen molar-refractivity contribution in [3.63, 3.8) is 0 Å². The third kappa shape index (κ3) is 4.38. The van der Waals surface area contributed by atoms with Crippen molar-refractivity contribution in [1.82, 2.24) is 10.3 Å². The molecule has 1 amide bonds. The third-order valence-electron chi connectivity index (χ3n) is 2.60. The van der Waals surface area contributed by atoms with E-state index in [2.05, 4.69) is 31.1 Å². The summed E-state index contributed by atoms with van der Waals surface area (Å²) in [6, 6.07) is -0.204. The summed E-state index contributed by atoms with van der Waals surface area (Å²) in [5.41, 5.74) is 2.58. The average molecular weight is 270 g/mol. The van der Waals surface area contributed by atoms with Crippen LogP contribution < -0.4 is 5.32 Å². The number of thiazole rings is 1. The van der Waals surface area contributed by atoms with Crippen molar-refractivity contribution < 1.29 is 9.90 Å². The van der Waals surface area contributed by atoms with Crippen LogP contribution in [0.25, 0.3) is 0 Å². The Morgan fingerprint density at radius 1 is 1.56 bits per heavy atom. The minimum atomic E-state index is -0.204. The van der Waals surface area contributed by atoms with Gasteiger partial charge in [0.15, 0.2) is 0 Å². The number of rotatable bonds is 5. The Morgan fingerprint density at radius 3 is 2.72 bits per heavy atom. The van der Waals surface area contributed by atoms with Crippen molar-refractivity contribution >= 4 is 17.2 Å². The van der Waals surface area contributed by atoms with Crippen molar-refractivity contribution in [1.29, 1.82) is 0 Å². The highest BCUT2D eigenvalue weighted by atomic mass is 32.1. The first-order valence-electron chi connectivity index (χ1n) is 6.21. The number of hydrogen-bond donors (Lipinski definition) is 2. The van der Waals surface area contributed by atoms with Crippen LogP contribution in [-0.2, 0) is 6.42 Å². The first-order valence-corrected chi connectivity index (χ1v) is 7.09. The molecule has 0 saturated carbocycles. The topological polar surface area (TPSA) is 62.2 Å². The monoisotopic (exact) mass is 270 g/mol. The molecule has 18 heavy (non-hydrogen) atoms. The van der Waals surface area contributed by atoms with E-state index in [9.17, 15) is 9.90 Å². The molecule has 0 aliphatic heterocycles. The Kier molecular flexibility index (Phi) is 5.28. The van der Waals surface area contributed by atoms with Crippen LogP contribution >= 0.6 is 11.3 Å². The maximum Gasteiger partial charge on any atom is 0.263 e. The third-order valence-corrected chi connectivity index (χ3v) is 3.46. The molecule has 0 aliphatic rings. The van der Waals surface area contributed by atoms with E-state index >= 15 is 0 Å². The van der Waals surface area contributed by atoms with Gasteiger partial charge in [0.25, 0.3) is 5.91 Å². The molecule has 0 aliphatic carbocycles. The second-order valence-electron chi connectivity index (χ2n) is 5.60. The lowest BCUT2D eigenvalue weighted by atomic mass is 9.88. The summed E-state index contributed by atoms with van der Waals surface area (Å²) in [6.07, 6.45) is 1.49. The van der Waals surface area contributed by atoms with Gasteiger partial charge in [-0.25, -0.2) is 4.98 Å². The fourth-order valence-electron chi connectivity index (χ4n) is 1.86. The van der Waals surface area contributed by atoms with Gasteiger partial charge in [-0.05, 0) is 18.3 Å². The van der Waals surface area contributed by atoms with Crippen molar-refractivity contribution in [3.8, 4) is 0 Å². The van der Waals surface area contributed by atoms with E-state index in [1.54, 1.807) is 5.51 Å². The van der Waals surface area contributed by atoms with Crippen LogP contribution in [0.5, 0.6) is 0 Å². The minimum absolute atomic E-state index is 0.0384. The molecular formula is C13H22N2O2S. The molecule has 1 unspecified atom stereocenters. The van der Waals surface area contributed by atoms with E-state index in [0.717, 1.165) is 18.5 Å². The zero-order chi connectivity index (χ0) is 13.8. The van der Waals surface area contributed by atoms with E-state index in [1.165, 1.54) is 11.3 Å². The summed E-state index contributed by atoms with van der Waals surface area (Å²) in [7, 11) is 0. The number of aliphatic hydroxyl groups is 1.